The van der Waals surface area contributed by atoms with Crippen LogP contribution in [0.15, 0.2) is 47.4 Å². The summed E-state index contributed by atoms with van der Waals surface area (Å²) in [6.45, 7) is 1.92. The van der Waals surface area contributed by atoms with E-state index in [-0.39, 0.29) is 35.0 Å². The zero-order chi connectivity index (χ0) is 19.3. The van der Waals surface area contributed by atoms with E-state index < -0.39 is 15.9 Å². The number of nitrogens with one attached hydrogen (secondary N) is 1. The van der Waals surface area contributed by atoms with Crippen LogP contribution in [0.5, 0.6) is 5.75 Å². The van der Waals surface area contributed by atoms with Crippen LogP contribution in [-0.2, 0) is 14.8 Å². The number of hydrogen-bond acceptors (Lipinski definition) is 5. The van der Waals surface area contributed by atoms with Gasteiger partial charge in [-0.3, -0.25) is 9.59 Å². The molecule has 26 heavy (non-hydrogen) atoms. The fraction of sp³-hybridized carbons (Fsp3) is 0.222. The maximum absolute atomic E-state index is 12.1. The van der Waals surface area contributed by atoms with Crippen molar-refractivity contribution in [2.24, 2.45) is 5.14 Å². The maximum Gasteiger partial charge on any atom is 0.241 e. The van der Waals surface area contributed by atoms with Gasteiger partial charge in [-0.05, 0) is 25.1 Å². The van der Waals surface area contributed by atoms with Crippen molar-refractivity contribution in [3.63, 3.8) is 0 Å². The highest BCUT2D eigenvalue weighted by Crippen LogP contribution is 2.26. The monoisotopic (exact) mass is 376 g/mol. The fourth-order valence-electron chi connectivity index (χ4n) is 2.31. The molecule has 0 fully saturated rings. The third-order valence-electron chi connectivity index (χ3n) is 3.71. The molecule has 0 aliphatic heterocycles. The zero-order valence-electron chi connectivity index (χ0n) is 14.5. The molecular formula is C18H20N2O5S. The van der Waals surface area contributed by atoms with Gasteiger partial charge in [0.25, 0.3) is 0 Å². The molecule has 0 aliphatic carbocycles. The number of amides is 1. The van der Waals surface area contributed by atoms with E-state index in [2.05, 4.69) is 5.32 Å². The van der Waals surface area contributed by atoms with Crippen LogP contribution in [0, 0.1) is 6.92 Å². The van der Waals surface area contributed by atoms with Gasteiger partial charge in [-0.1, -0.05) is 29.8 Å². The van der Waals surface area contributed by atoms with E-state index in [4.69, 9.17) is 9.88 Å². The summed E-state index contributed by atoms with van der Waals surface area (Å²) in [7, 11) is -2.68. The molecule has 0 saturated carbocycles. The molecule has 0 aliphatic rings. The quantitative estimate of drug-likeness (QED) is 0.719. The largest absolute Gasteiger partial charge is 0.495 e. The van der Waals surface area contributed by atoms with Gasteiger partial charge in [0, 0.05) is 24.1 Å². The lowest BCUT2D eigenvalue weighted by molar-refractivity contribution is -0.116. The minimum atomic E-state index is -4.00. The van der Waals surface area contributed by atoms with E-state index >= 15 is 0 Å². The molecule has 1 amide bonds. The van der Waals surface area contributed by atoms with Gasteiger partial charge in [0.05, 0.1) is 7.11 Å². The smallest absolute Gasteiger partial charge is 0.241 e. The Morgan fingerprint density at radius 2 is 1.73 bits per heavy atom. The molecule has 0 heterocycles. The second-order valence-corrected chi connectivity index (χ2v) is 7.28. The molecule has 0 atom stereocenters. The molecule has 0 radical (unpaired) electrons. The van der Waals surface area contributed by atoms with Crippen LogP contribution in [0.25, 0.3) is 0 Å². The van der Waals surface area contributed by atoms with Crippen molar-refractivity contribution in [3.05, 3.63) is 53.6 Å². The lowest BCUT2D eigenvalue weighted by Crippen LogP contribution is -2.16. The molecule has 3 N–H and O–H groups in total. The molecule has 0 bridgehead atoms. The number of primary sulfonamides is 1. The van der Waals surface area contributed by atoms with E-state index in [1.54, 1.807) is 12.1 Å². The van der Waals surface area contributed by atoms with Gasteiger partial charge in [0.1, 0.15) is 10.6 Å². The van der Waals surface area contributed by atoms with Crippen LogP contribution in [0.3, 0.4) is 0 Å². The summed E-state index contributed by atoms with van der Waals surface area (Å²) >= 11 is 0. The van der Waals surface area contributed by atoms with Gasteiger partial charge < -0.3 is 10.1 Å². The number of carbonyl (C=O) groups is 2. The standard InChI is InChI=1S/C18H20N2O5S/c1-12-3-5-13(6-4-12)15(21)8-10-18(22)20-14-7-9-16(25-2)17(11-14)26(19,23)24/h3-7,9,11H,8,10H2,1-2H3,(H,20,22)(H2,19,23,24). The highest BCUT2D eigenvalue weighted by molar-refractivity contribution is 7.89. The summed E-state index contributed by atoms with van der Waals surface area (Å²) in [5.74, 6) is -0.462. The molecule has 2 aromatic rings. The Morgan fingerprint density at radius 1 is 1.08 bits per heavy atom. The molecular weight excluding hydrogens is 356 g/mol. The first-order valence-electron chi connectivity index (χ1n) is 7.81. The van der Waals surface area contributed by atoms with Crippen LogP contribution < -0.4 is 15.2 Å². The number of anilines is 1. The van der Waals surface area contributed by atoms with Crippen LogP contribution in [0.2, 0.25) is 0 Å². The number of ketones is 1. The van der Waals surface area contributed by atoms with E-state index in [1.165, 1.54) is 25.3 Å². The van der Waals surface area contributed by atoms with Crippen LogP contribution in [0.4, 0.5) is 5.69 Å². The maximum atomic E-state index is 12.1. The summed E-state index contributed by atoms with van der Waals surface area (Å²) in [4.78, 5) is 23.9. The van der Waals surface area contributed by atoms with E-state index in [9.17, 15) is 18.0 Å². The Labute approximate surface area is 152 Å². The highest BCUT2D eigenvalue weighted by Gasteiger charge is 2.16. The number of ether oxygens (including phenoxy) is 1. The number of sulfonamides is 1. The van der Waals surface area contributed by atoms with Crippen LogP contribution >= 0.6 is 0 Å². The Balaban J connectivity index is 2.01. The van der Waals surface area contributed by atoms with Gasteiger partial charge in [-0.2, -0.15) is 0 Å². The van der Waals surface area contributed by atoms with Crippen molar-refractivity contribution >= 4 is 27.4 Å². The predicted molar refractivity (Wildman–Crippen MR) is 97.7 cm³/mol. The van der Waals surface area contributed by atoms with Gasteiger partial charge >= 0.3 is 0 Å². The van der Waals surface area contributed by atoms with Crippen molar-refractivity contribution in [1.29, 1.82) is 0 Å². The van der Waals surface area contributed by atoms with E-state index in [1.807, 2.05) is 19.1 Å². The van der Waals surface area contributed by atoms with Crippen molar-refractivity contribution < 1.29 is 22.7 Å². The molecule has 7 nitrogen and oxygen atoms in total. The Kier molecular flexibility index (Phi) is 6.12. The Morgan fingerprint density at radius 3 is 2.31 bits per heavy atom. The Hall–Kier alpha value is -2.71. The summed E-state index contributed by atoms with van der Waals surface area (Å²) in [5.41, 5.74) is 1.84. The molecule has 0 aromatic heterocycles. The SMILES string of the molecule is COc1ccc(NC(=O)CCC(=O)c2ccc(C)cc2)cc1S(N)(=O)=O. The average Bonchev–Trinajstić information content (AvgIpc) is 2.59. The lowest BCUT2D eigenvalue weighted by Gasteiger charge is -2.10. The van der Waals surface area contributed by atoms with Crippen molar-refractivity contribution in [1.82, 2.24) is 0 Å². The second kappa shape index (κ2) is 8.11. The average molecular weight is 376 g/mol. The zero-order valence-corrected chi connectivity index (χ0v) is 15.3. The van der Waals surface area contributed by atoms with E-state index in [0.29, 0.717) is 5.56 Å². The van der Waals surface area contributed by atoms with Crippen LogP contribution in [-0.4, -0.2) is 27.2 Å². The number of carbonyl (C=O) groups excluding carboxylic acids is 2. The predicted octanol–water partition coefficient (Wildman–Crippen LogP) is 2.25. The second-order valence-electron chi connectivity index (χ2n) is 5.75. The van der Waals surface area contributed by atoms with Gasteiger partial charge in [-0.25, -0.2) is 13.6 Å². The molecule has 0 unspecified atom stereocenters. The third kappa shape index (κ3) is 5.14. The fourth-order valence-corrected chi connectivity index (χ4v) is 3.03. The summed E-state index contributed by atoms with van der Waals surface area (Å²) in [5, 5.41) is 7.70. The summed E-state index contributed by atoms with van der Waals surface area (Å²) in [6, 6.07) is 11.2. The van der Waals surface area contributed by atoms with Crippen molar-refractivity contribution in [2.45, 2.75) is 24.7 Å². The third-order valence-corrected chi connectivity index (χ3v) is 4.64. The van der Waals surface area contributed by atoms with Crippen molar-refractivity contribution in [2.75, 3.05) is 12.4 Å². The first kappa shape index (κ1) is 19.6. The minimum absolute atomic E-state index is 0.0244. The molecule has 8 heteroatoms. The molecule has 2 rings (SSSR count). The first-order valence-corrected chi connectivity index (χ1v) is 9.36. The van der Waals surface area contributed by atoms with Gasteiger partial charge in [0.2, 0.25) is 15.9 Å². The van der Waals surface area contributed by atoms with E-state index in [0.717, 1.165) is 5.56 Å². The summed E-state index contributed by atoms with van der Waals surface area (Å²) in [6.07, 6.45) is 0.0243. The van der Waals surface area contributed by atoms with Gasteiger partial charge in [-0.15, -0.1) is 0 Å². The van der Waals surface area contributed by atoms with Gasteiger partial charge in [0.15, 0.2) is 5.78 Å². The first-order chi connectivity index (χ1) is 12.2. The number of benzene rings is 2. The minimum Gasteiger partial charge on any atom is -0.495 e. The van der Waals surface area contributed by atoms with Crippen LogP contribution in [0.1, 0.15) is 28.8 Å². The number of Topliss-reactive ketones (excluding diaryl/α,β-unsaturated/α-hetero) is 1. The number of rotatable bonds is 7. The number of nitrogens with two attached hydrogens (primary N) is 1. The number of aryl methyl sites for hydroxylation is 1. The normalized spacial score (nSPS) is 11.0. The summed E-state index contributed by atoms with van der Waals surface area (Å²) < 4.78 is 28.1. The molecule has 2 aromatic carbocycles. The lowest BCUT2D eigenvalue weighted by atomic mass is 10.0. The Bertz CT molecular complexity index is 921. The molecule has 0 spiro atoms. The topological polar surface area (TPSA) is 116 Å². The van der Waals surface area contributed by atoms with Crippen molar-refractivity contribution in [3.8, 4) is 5.75 Å². The molecule has 0 saturated heterocycles. The highest BCUT2D eigenvalue weighted by atomic mass is 32.2. The number of hydrogen-bond donors (Lipinski definition) is 2. The molecule has 138 valence electrons. The number of methoxy groups -OCH3 is 1.